The fourth-order valence-electron chi connectivity index (χ4n) is 2.78. The van der Waals surface area contributed by atoms with E-state index in [4.69, 9.17) is 16.3 Å². The van der Waals surface area contributed by atoms with Gasteiger partial charge in [0.25, 0.3) is 0 Å². The summed E-state index contributed by atoms with van der Waals surface area (Å²) in [6, 6.07) is 9.43. The minimum Gasteiger partial charge on any atom is -0.444 e. The number of aromatic nitrogens is 3. The predicted octanol–water partition coefficient (Wildman–Crippen LogP) is 5.54. The Kier molecular flexibility index (Phi) is 7.02. The molecule has 162 valence electrons. The largest absolute Gasteiger partial charge is 0.444 e. The van der Waals surface area contributed by atoms with Crippen molar-refractivity contribution in [3.8, 4) is 0 Å². The molecule has 0 fully saturated rings. The number of hydrogen-bond acceptors (Lipinski definition) is 6. The number of carbonyl (C=O) groups is 1. The van der Waals surface area contributed by atoms with Crippen LogP contribution in [0, 0.1) is 5.82 Å². The van der Waals surface area contributed by atoms with Crippen molar-refractivity contribution in [2.24, 2.45) is 0 Å². The van der Waals surface area contributed by atoms with Crippen LogP contribution in [0.15, 0.2) is 48.9 Å². The standard InChI is InChI=1S/C22H23ClFN5O2/c1-22(2,3)31-21(30)28-17-10-15(11-25-12-17)8-7-14-5-4-6-16(9-14)27-19-18(24)13-26-20(23)29-19/h4-6,9-13H,7-8H2,1-3H3,(H,28,30)(H,26,27,29). The number of benzene rings is 1. The normalized spacial score (nSPS) is 11.1. The summed E-state index contributed by atoms with van der Waals surface area (Å²) in [5.41, 5.74) is 2.67. The Morgan fingerprint density at radius 1 is 1.10 bits per heavy atom. The van der Waals surface area contributed by atoms with E-state index in [2.05, 4.69) is 25.6 Å². The highest BCUT2D eigenvalue weighted by molar-refractivity contribution is 6.28. The first-order valence-electron chi connectivity index (χ1n) is 9.66. The average Bonchev–Trinajstić information content (AvgIpc) is 2.68. The van der Waals surface area contributed by atoms with E-state index in [0.29, 0.717) is 17.8 Å². The molecular formula is C22H23ClFN5O2. The van der Waals surface area contributed by atoms with E-state index >= 15 is 0 Å². The van der Waals surface area contributed by atoms with E-state index in [1.807, 2.05) is 30.3 Å². The average molecular weight is 444 g/mol. The first kappa shape index (κ1) is 22.4. The van der Waals surface area contributed by atoms with Gasteiger partial charge >= 0.3 is 6.09 Å². The van der Waals surface area contributed by atoms with Gasteiger partial charge in [0.05, 0.1) is 18.1 Å². The molecule has 2 N–H and O–H groups in total. The summed E-state index contributed by atoms with van der Waals surface area (Å²) in [6.07, 6.45) is 5.24. The third-order valence-corrected chi connectivity index (χ3v) is 4.23. The number of amides is 1. The zero-order chi connectivity index (χ0) is 22.4. The Bertz CT molecular complexity index is 1070. The number of anilines is 3. The fourth-order valence-corrected chi connectivity index (χ4v) is 2.91. The van der Waals surface area contributed by atoms with Crippen LogP contribution in [0.2, 0.25) is 5.28 Å². The van der Waals surface area contributed by atoms with Crippen LogP contribution in [0.25, 0.3) is 0 Å². The molecule has 0 unspecified atom stereocenters. The highest BCUT2D eigenvalue weighted by atomic mass is 35.5. The van der Waals surface area contributed by atoms with Gasteiger partial charge in [-0.2, -0.15) is 4.98 Å². The minimum atomic E-state index is -0.588. The monoisotopic (exact) mass is 443 g/mol. The molecule has 1 aromatic carbocycles. The molecule has 0 radical (unpaired) electrons. The fraction of sp³-hybridized carbons (Fsp3) is 0.273. The summed E-state index contributed by atoms with van der Waals surface area (Å²) in [5, 5.41) is 5.57. The van der Waals surface area contributed by atoms with E-state index in [9.17, 15) is 9.18 Å². The van der Waals surface area contributed by atoms with Crippen LogP contribution in [0.3, 0.4) is 0 Å². The third kappa shape index (κ3) is 7.18. The lowest BCUT2D eigenvalue weighted by atomic mass is 10.0. The van der Waals surface area contributed by atoms with E-state index in [0.717, 1.165) is 23.7 Å². The van der Waals surface area contributed by atoms with E-state index in [1.54, 1.807) is 33.2 Å². The van der Waals surface area contributed by atoms with E-state index in [1.165, 1.54) is 0 Å². The summed E-state index contributed by atoms with van der Waals surface area (Å²) in [4.78, 5) is 23.6. The second-order valence-corrected chi connectivity index (χ2v) is 8.21. The van der Waals surface area contributed by atoms with E-state index in [-0.39, 0.29) is 11.1 Å². The second-order valence-electron chi connectivity index (χ2n) is 7.87. The molecule has 9 heteroatoms. The van der Waals surface area contributed by atoms with E-state index < -0.39 is 17.5 Å². The lowest BCUT2D eigenvalue weighted by molar-refractivity contribution is 0.0636. The molecule has 0 spiro atoms. The van der Waals surface area contributed by atoms with Crippen LogP contribution < -0.4 is 10.6 Å². The minimum absolute atomic E-state index is 0.0160. The first-order valence-corrected chi connectivity index (χ1v) is 10.0. The molecular weight excluding hydrogens is 421 g/mol. The zero-order valence-corrected chi connectivity index (χ0v) is 18.2. The molecule has 0 bridgehead atoms. The number of ether oxygens (including phenoxy) is 1. The van der Waals surface area contributed by atoms with Gasteiger partial charge in [-0.15, -0.1) is 0 Å². The molecule has 31 heavy (non-hydrogen) atoms. The maximum atomic E-state index is 13.9. The van der Waals surface area contributed by atoms with Gasteiger partial charge < -0.3 is 10.1 Å². The number of nitrogens with zero attached hydrogens (tertiary/aromatic N) is 3. The van der Waals surface area contributed by atoms with Gasteiger partial charge in [-0.1, -0.05) is 12.1 Å². The van der Waals surface area contributed by atoms with Crippen LogP contribution in [0.5, 0.6) is 0 Å². The highest BCUT2D eigenvalue weighted by Crippen LogP contribution is 2.21. The van der Waals surface area contributed by atoms with Crippen molar-refractivity contribution in [3.63, 3.8) is 0 Å². The molecule has 0 aliphatic heterocycles. The number of halogens is 2. The summed E-state index contributed by atoms with van der Waals surface area (Å²) in [6.45, 7) is 5.41. The summed E-state index contributed by atoms with van der Waals surface area (Å²) in [5.74, 6) is -0.572. The third-order valence-electron chi connectivity index (χ3n) is 4.05. The second kappa shape index (κ2) is 9.70. The Hall–Kier alpha value is -3.26. The Morgan fingerprint density at radius 3 is 2.61 bits per heavy atom. The number of aryl methyl sites for hydroxylation is 2. The SMILES string of the molecule is CC(C)(C)OC(=O)Nc1cncc(CCc2cccc(Nc3nc(Cl)ncc3F)c2)c1. The smallest absolute Gasteiger partial charge is 0.412 e. The van der Waals surface area contributed by atoms with Crippen LogP contribution in [0.1, 0.15) is 31.9 Å². The molecule has 0 aliphatic rings. The topological polar surface area (TPSA) is 89.0 Å². The molecule has 7 nitrogen and oxygen atoms in total. The van der Waals surface area contributed by atoms with Crippen molar-refractivity contribution in [1.82, 2.24) is 15.0 Å². The molecule has 0 atom stereocenters. The highest BCUT2D eigenvalue weighted by Gasteiger charge is 2.16. The van der Waals surface area contributed by atoms with Gasteiger partial charge in [-0.05, 0) is 74.5 Å². The summed E-state index contributed by atoms with van der Waals surface area (Å²) >= 11 is 5.74. The molecule has 2 heterocycles. The number of pyridine rings is 1. The quantitative estimate of drug-likeness (QED) is 0.486. The Labute approximate surface area is 185 Å². The van der Waals surface area contributed by atoms with Crippen molar-refractivity contribution in [2.45, 2.75) is 39.2 Å². The van der Waals surface area contributed by atoms with Crippen molar-refractivity contribution < 1.29 is 13.9 Å². The first-order chi connectivity index (χ1) is 14.7. The van der Waals surface area contributed by atoms with Crippen molar-refractivity contribution in [2.75, 3.05) is 10.6 Å². The number of nitrogens with one attached hydrogen (secondary N) is 2. The number of carbonyl (C=O) groups excluding carboxylic acids is 1. The zero-order valence-electron chi connectivity index (χ0n) is 17.4. The summed E-state index contributed by atoms with van der Waals surface area (Å²) < 4.78 is 19.1. The molecule has 3 rings (SSSR count). The van der Waals surface area contributed by atoms with Crippen molar-refractivity contribution >= 4 is 34.9 Å². The molecule has 0 saturated heterocycles. The van der Waals surface area contributed by atoms with Crippen molar-refractivity contribution in [1.29, 1.82) is 0 Å². The van der Waals surface area contributed by atoms with Crippen LogP contribution in [-0.2, 0) is 17.6 Å². The molecule has 1 amide bonds. The lowest BCUT2D eigenvalue weighted by Crippen LogP contribution is -2.27. The number of rotatable bonds is 6. The molecule has 0 aliphatic carbocycles. The Balaban J connectivity index is 1.62. The molecule has 2 aromatic heterocycles. The van der Waals surface area contributed by atoms with Gasteiger partial charge in [0.1, 0.15) is 5.60 Å². The van der Waals surface area contributed by atoms with Crippen LogP contribution in [0.4, 0.5) is 26.4 Å². The molecule has 0 saturated carbocycles. The van der Waals surface area contributed by atoms with Gasteiger partial charge in [0, 0.05) is 11.9 Å². The lowest BCUT2D eigenvalue weighted by Gasteiger charge is -2.19. The predicted molar refractivity (Wildman–Crippen MR) is 118 cm³/mol. The maximum absolute atomic E-state index is 13.9. The van der Waals surface area contributed by atoms with Gasteiger partial charge in [-0.25, -0.2) is 14.2 Å². The van der Waals surface area contributed by atoms with Crippen molar-refractivity contribution in [3.05, 3.63) is 71.2 Å². The van der Waals surface area contributed by atoms with Gasteiger partial charge in [0.2, 0.25) is 5.28 Å². The van der Waals surface area contributed by atoms with Gasteiger partial charge in [0.15, 0.2) is 11.6 Å². The Morgan fingerprint density at radius 2 is 1.84 bits per heavy atom. The van der Waals surface area contributed by atoms with Gasteiger partial charge in [-0.3, -0.25) is 10.3 Å². The molecule has 3 aromatic rings. The maximum Gasteiger partial charge on any atom is 0.412 e. The number of hydrogen-bond donors (Lipinski definition) is 2. The summed E-state index contributed by atoms with van der Waals surface area (Å²) in [7, 11) is 0. The van der Waals surface area contributed by atoms with Crippen LogP contribution in [-0.4, -0.2) is 26.6 Å². The van der Waals surface area contributed by atoms with Crippen LogP contribution >= 0.6 is 11.6 Å².